The van der Waals surface area contributed by atoms with Crippen molar-refractivity contribution >= 4 is 5.91 Å². The lowest BCUT2D eigenvalue weighted by Crippen LogP contribution is -2.29. The van der Waals surface area contributed by atoms with E-state index in [4.69, 9.17) is 0 Å². The monoisotopic (exact) mass is 153 g/mol. The number of amides is 1. The first-order valence-electron chi connectivity index (χ1n) is 4.56. The Hall–Kier alpha value is -0.530. The number of hydrogen-bond donors (Lipinski definition) is 0. The Morgan fingerprint density at radius 2 is 2.09 bits per heavy atom. The van der Waals surface area contributed by atoms with E-state index in [1.807, 2.05) is 4.90 Å². The zero-order valence-electron chi connectivity index (χ0n) is 7.05. The lowest BCUT2D eigenvalue weighted by molar-refractivity contribution is -0.131. The molecule has 11 heavy (non-hydrogen) atoms. The highest BCUT2D eigenvalue weighted by Crippen LogP contribution is 2.32. The van der Waals surface area contributed by atoms with Gasteiger partial charge >= 0.3 is 0 Å². The summed E-state index contributed by atoms with van der Waals surface area (Å²) in [5.41, 5.74) is 0. The van der Waals surface area contributed by atoms with Crippen molar-refractivity contribution in [2.75, 3.05) is 13.1 Å². The summed E-state index contributed by atoms with van der Waals surface area (Å²) in [7, 11) is 0. The summed E-state index contributed by atoms with van der Waals surface area (Å²) >= 11 is 0. The Bertz CT molecular complexity index is 174. The average molecular weight is 153 g/mol. The van der Waals surface area contributed by atoms with Crippen LogP contribution >= 0.6 is 0 Å². The topological polar surface area (TPSA) is 20.3 Å². The maximum Gasteiger partial charge on any atom is 0.225 e. The van der Waals surface area contributed by atoms with E-state index in [0.29, 0.717) is 11.8 Å². The first-order valence-corrected chi connectivity index (χ1v) is 4.56. The summed E-state index contributed by atoms with van der Waals surface area (Å²) in [6.45, 7) is 4.24. The summed E-state index contributed by atoms with van der Waals surface area (Å²) in [4.78, 5) is 13.5. The molecule has 0 spiro atoms. The SMILES string of the molecule is CC1CCN(C(=O)C2CC2)C1. The molecule has 1 aliphatic heterocycles. The molecule has 0 aromatic carbocycles. The van der Waals surface area contributed by atoms with Crippen LogP contribution in [-0.4, -0.2) is 23.9 Å². The number of carbonyl (C=O) groups is 1. The molecule has 1 saturated heterocycles. The summed E-state index contributed by atoms with van der Waals surface area (Å²) in [5, 5.41) is 0. The van der Waals surface area contributed by atoms with Crippen LogP contribution in [0.5, 0.6) is 0 Å². The van der Waals surface area contributed by atoms with Gasteiger partial charge in [-0.1, -0.05) is 6.92 Å². The Morgan fingerprint density at radius 1 is 1.36 bits per heavy atom. The molecule has 62 valence electrons. The molecule has 0 radical (unpaired) electrons. The van der Waals surface area contributed by atoms with Gasteiger partial charge in [0, 0.05) is 19.0 Å². The normalized spacial score (nSPS) is 31.0. The molecule has 2 fully saturated rings. The Kier molecular flexibility index (Phi) is 1.63. The molecule has 2 nitrogen and oxygen atoms in total. The molecule has 1 saturated carbocycles. The van der Waals surface area contributed by atoms with Crippen LogP contribution < -0.4 is 0 Å². The largest absolute Gasteiger partial charge is 0.342 e. The van der Waals surface area contributed by atoms with Crippen LogP contribution in [0, 0.1) is 11.8 Å². The maximum absolute atomic E-state index is 11.5. The van der Waals surface area contributed by atoms with Crippen LogP contribution in [0.2, 0.25) is 0 Å². The highest BCUT2D eigenvalue weighted by atomic mass is 16.2. The van der Waals surface area contributed by atoms with Gasteiger partial charge in [0.2, 0.25) is 5.91 Å². The van der Waals surface area contributed by atoms with E-state index in [9.17, 15) is 4.79 Å². The summed E-state index contributed by atoms with van der Waals surface area (Å²) in [6.07, 6.45) is 3.49. The fourth-order valence-electron chi connectivity index (χ4n) is 1.72. The highest BCUT2D eigenvalue weighted by Gasteiger charge is 2.35. The minimum absolute atomic E-state index is 0.417. The van der Waals surface area contributed by atoms with Crippen molar-refractivity contribution in [3.05, 3.63) is 0 Å². The van der Waals surface area contributed by atoms with Gasteiger partial charge in [0.15, 0.2) is 0 Å². The summed E-state index contributed by atoms with van der Waals surface area (Å²) < 4.78 is 0. The molecule has 2 aliphatic rings. The second-order valence-corrected chi connectivity index (χ2v) is 3.95. The van der Waals surface area contributed by atoms with Crippen LogP contribution in [0.25, 0.3) is 0 Å². The second kappa shape index (κ2) is 2.50. The van der Waals surface area contributed by atoms with E-state index in [1.165, 1.54) is 6.42 Å². The third kappa shape index (κ3) is 1.39. The zero-order valence-corrected chi connectivity index (χ0v) is 7.05. The van der Waals surface area contributed by atoms with E-state index >= 15 is 0 Å². The minimum Gasteiger partial charge on any atom is -0.342 e. The number of hydrogen-bond acceptors (Lipinski definition) is 1. The highest BCUT2D eigenvalue weighted by molar-refractivity contribution is 5.81. The molecule has 0 N–H and O–H groups in total. The van der Waals surface area contributed by atoms with Gasteiger partial charge in [0.05, 0.1) is 0 Å². The van der Waals surface area contributed by atoms with Gasteiger partial charge in [0.25, 0.3) is 0 Å². The van der Waals surface area contributed by atoms with Crippen molar-refractivity contribution in [2.45, 2.75) is 26.2 Å². The van der Waals surface area contributed by atoms with Crippen molar-refractivity contribution in [1.82, 2.24) is 4.90 Å². The number of likely N-dealkylation sites (tertiary alicyclic amines) is 1. The zero-order chi connectivity index (χ0) is 7.84. The van der Waals surface area contributed by atoms with Crippen molar-refractivity contribution in [3.8, 4) is 0 Å². The average Bonchev–Trinajstić information content (AvgIpc) is 2.74. The van der Waals surface area contributed by atoms with E-state index < -0.39 is 0 Å². The third-order valence-corrected chi connectivity index (χ3v) is 2.66. The van der Waals surface area contributed by atoms with Gasteiger partial charge in [0.1, 0.15) is 0 Å². The van der Waals surface area contributed by atoms with E-state index in [2.05, 4.69) is 6.92 Å². The molecule has 0 aromatic heterocycles. The fourth-order valence-corrected chi connectivity index (χ4v) is 1.72. The fraction of sp³-hybridized carbons (Fsp3) is 0.889. The standard InChI is InChI=1S/C9H15NO/c1-7-4-5-10(6-7)9(11)8-2-3-8/h7-8H,2-6H2,1H3. The van der Waals surface area contributed by atoms with Crippen LogP contribution in [0.15, 0.2) is 0 Å². The van der Waals surface area contributed by atoms with E-state index in [1.54, 1.807) is 0 Å². The van der Waals surface area contributed by atoms with Gasteiger partial charge in [-0.2, -0.15) is 0 Å². The predicted molar refractivity (Wildman–Crippen MR) is 43.1 cm³/mol. The number of nitrogens with zero attached hydrogens (tertiary/aromatic N) is 1. The van der Waals surface area contributed by atoms with Gasteiger partial charge in [-0.3, -0.25) is 4.79 Å². The minimum atomic E-state index is 0.417. The second-order valence-electron chi connectivity index (χ2n) is 3.95. The van der Waals surface area contributed by atoms with Crippen molar-refractivity contribution in [3.63, 3.8) is 0 Å². The Labute approximate surface area is 67.6 Å². The Balaban J connectivity index is 1.89. The predicted octanol–water partition coefficient (Wildman–Crippen LogP) is 1.26. The van der Waals surface area contributed by atoms with E-state index in [-0.39, 0.29) is 0 Å². The van der Waals surface area contributed by atoms with Crippen LogP contribution in [0.3, 0.4) is 0 Å². The van der Waals surface area contributed by atoms with Crippen molar-refractivity contribution < 1.29 is 4.79 Å². The first kappa shape index (κ1) is 7.14. The molecule has 2 rings (SSSR count). The molecule has 1 amide bonds. The molecule has 1 aliphatic carbocycles. The molecular weight excluding hydrogens is 138 g/mol. The summed E-state index contributed by atoms with van der Waals surface area (Å²) in [6, 6.07) is 0. The molecule has 2 heteroatoms. The number of rotatable bonds is 1. The van der Waals surface area contributed by atoms with Crippen LogP contribution in [-0.2, 0) is 4.79 Å². The third-order valence-electron chi connectivity index (χ3n) is 2.66. The van der Waals surface area contributed by atoms with E-state index in [0.717, 1.165) is 31.8 Å². The smallest absolute Gasteiger partial charge is 0.225 e. The first-order chi connectivity index (χ1) is 5.27. The molecule has 0 bridgehead atoms. The summed E-state index contributed by atoms with van der Waals surface area (Å²) in [5.74, 6) is 1.58. The number of carbonyl (C=O) groups excluding carboxylic acids is 1. The lowest BCUT2D eigenvalue weighted by Gasteiger charge is -2.14. The van der Waals surface area contributed by atoms with Crippen LogP contribution in [0.1, 0.15) is 26.2 Å². The van der Waals surface area contributed by atoms with Crippen molar-refractivity contribution in [1.29, 1.82) is 0 Å². The van der Waals surface area contributed by atoms with Crippen LogP contribution in [0.4, 0.5) is 0 Å². The lowest BCUT2D eigenvalue weighted by atomic mass is 10.2. The molecule has 1 unspecified atom stereocenters. The molecular formula is C9H15NO. The van der Waals surface area contributed by atoms with Crippen molar-refractivity contribution in [2.24, 2.45) is 11.8 Å². The molecule has 0 aromatic rings. The quantitative estimate of drug-likeness (QED) is 0.555. The maximum atomic E-state index is 11.5. The van der Waals surface area contributed by atoms with Gasteiger partial charge in [-0.05, 0) is 25.2 Å². The Morgan fingerprint density at radius 3 is 2.55 bits per heavy atom. The molecule has 1 heterocycles. The van der Waals surface area contributed by atoms with Gasteiger partial charge in [-0.25, -0.2) is 0 Å². The van der Waals surface area contributed by atoms with Gasteiger partial charge < -0.3 is 4.90 Å². The molecule has 1 atom stereocenters. The van der Waals surface area contributed by atoms with Gasteiger partial charge in [-0.15, -0.1) is 0 Å².